The minimum atomic E-state index is -3.56. The Hall–Kier alpha value is -1.67. The predicted octanol–water partition coefficient (Wildman–Crippen LogP) is 0.940. The van der Waals surface area contributed by atoms with E-state index in [0.29, 0.717) is 13.0 Å². The van der Waals surface area contributed by atoms with Gasteiger partial charge in [-0.3, -0.25) is 4.79 Å². The number of nitrogens with one attached hydrogen (secondary N) is 1. The Morgan fingerprint density at radius 3 is 2.86 bits per heavy atom. The number of hydrogen-bond donors (Lipinski definition) is 2. The summed E-state index contributed by atoms with van der Waals surface area (Å²) < 4.78 is 41.9. The second-order valence-electron chi connectivity index (χ2n) is 4.97. The highest BCUT2D eigenvalue weighted by molar-refractivity contribution is 7.92. The van der Waals surface area contributed by atoms with Crippen LogP contribution in [0, 0.1) is 5.82 Å². The maximum atomic E-state index is 12.9. The van der Waals surface area contributed by atoms with Crippen molar-refractivity contribution in [3.63, 3.8) is 0 Å². The molecule has 0 radical (unpaired) electrons. The third-order valence-corrected chi connectivity index (χ3v) is 4.68. The molecule has 1 fully saturated rings. The lowest BCUT2D eigenvalue weighted by atomic mass is 10.2. The summed E-state index contributed by atoms with van der Waals surface area (Å²) in [4.78, 5) is 11.8. The lowest BCUT2D eigenvalue weighted by Gasteiger charge is -2.11. The average molecular weight is 316 g/mol. The molecule has 0 bridgehead atoms. The number of amides is 1. The third kappa shape index (κ3) is 4.68. The van der Waals surface area contributed by atoms with Crippen molar-refractivity contribution in [2.24, 2.45) is 0 Å². The van der Waals surface area contributed by atoms with Gasteiger partial charge in [-0.2, -0.15) is 0 Å². The molecule has 3 N–H and O–H groups in total. The second kappa shape index (κ2) is 6.40. The zero-order valence-electron chi connectivity index (χ0n) is 11.3. The molecule has 116 valence electrons. The number of sulfone groups is 1. The Morgan fingerprint density at radius 1 is 1.48 bits per heavy atom. The number of carbonyl (C=O) groups excluding carboxylic acids is 1. The van der Waals surface area contributed by atoms with Gasteiger partial charge in [0, 0.05) is 6.61 Å². The topological polar surface area (TPSA) is 98.5 Å². The summed E-state index contributed by atoms with van der Waals surface area (Å²) in [7, 11) is -3.56. The molecule has 0 aromatic heterocycles. The quantitative estimate of drug-likeness (QED) is 0.788. The van der Waals surface area contributed by atoms with Gasteiger partial charge >= 0.3 is 0 Å². The summed E-state index contributed by atoms with van der Waals surface area (Å²) in [5.41, 5.74) is 5.77. The standard InChI is InChI=1S/C13H17FN2O4S/c14-9-3-4-12(11(15)6-9)16-13(17)8-21(18,19)7-10-2-1-5-20-10/h3-4,6,10H,1-2,5,7-8,15H2,(H,16,17). The van der Waals surface area contributed by atoms with Crippen LogP contribution in [0.1, 0.15) is 12.8 Å². The van der Waals surface area contributed by atoms with Crippen LogP contribution in [-0.2, 0) is 19.4 Å². The second-order valence-corrected chi connectivity index (χ2v) is 7.08. The van der Waals surface area contributed by atoms with Crippen LogP contribution in [0.5, 0.6) is 0 Å². The van der Waals surface area contributed by atoms with Gasteiger partial charge < -0.3 is 15.8 Å². The molecule has 1 aliphatic heterocycles. The van der Waals surface area contributed by atoms with Crippen LogP contribution in [0.2, 0.25) is 0 Å². The van der Waals surface area contributed by atoms with Crippen LogP contribution < -0.4 is 11.1 Å². The largest absolute Gasteiger partial charge is 0.397 e. The molecule has 0 saturated carbocycles. The van der Waals surface area contributed by atoms with Gasteiger partial charge in [0.25, 0.3) is 0 Å². The van der Waals surface area contributed by atoms with Crippen molar-refractivity contribution in [2.45, 2.75) is 18.9 Å². The number of rotatable bonds is 5. The first kappa shape index (κ1) is 15.7. The SMILES string of the molecule is Nc1cc(F)ccc1NC(=O)CS(=O)(=O)CC1CCCO1. The van der Waals surface area contributed by atoms with E-state index in [1.54, 1.807) is 0 Å². The lowest BCUT2D eigenvalue weighted by Crippen LogP contribution is -2.29. The molecular formula is C13H17FN2O4S. The normalized spacial score (nSPS) is 18.6. The molecule has 1 atom stereocenters. The van der Waals surface area contributed by atoms with E-state index in [9.17, 15) is 17.6 Å². The van der Waals surface area contributed by atoms with Gasteiger partial charge in [-0.05, 0) is 31.0 Å². The third-order valence-electron chi connectivity index (χ3n) is 3.10. The highest BCUT2D eigenvalue weighted by atomic mass is 32.2. The van der Waals surface area contributed by atoms with E-state index in [1.807, 2.05) is 0 Å². The Kier molecular flexibility index (Phi) is 4.79. The molecule has 2 rings (SSSR count). The molecule has 1 heterocycles. The summed E-state index contributed by atoms with van der Waals surface area (Å²) in [5, 5.41) is 2.37. The van der Waals surface area contributed by atoms with Gasteiger partial charge in [-0.25, -0.2) is 12.8 Å². The average Bonchev–Trinajstić information content (AvgIpc) is 2.84. The van der Waals surface area contributed by atoms with Gasteiger partial charge in [0.05, 0.1) is 23.2 Å². The number of nitrogens with two attached hydrogens (primary N) is 1. The number of carbonyl (C=O) groups is 1. The van der Waals surface area contributed by atoms with E-state index in [1.165, 1.54) is 6.07 Å². The van der Waals surface area contributed by atoms with Crippen molar-refractivity contribution in [1.82, 2.24) is 0 Å². The molecule has 1 unspecified atom stereocenters. The Balaban J connectivity index is 1.94. The Bertz CT molecular complexity index is 627. The van der Waals surface area contributed by atoms with E-state index in [-0.39, 0.29) is 23.2 Å². The van der Waals surface area contributed by atoms with E-state index < -0.39 is 27.3 Å². The van der Waals surface area contributed by atoms with Crippen molar-refractivity contribution >= 4 is 27.1 Å². The molecular weight excluding hydrogens is 299 g/mol. The molecule has 1 aromatic rings. The molecule has 6 nitrogen and oxygen atoms in total. The number of hydrogen-bond acceptors (Lipinski definition) is 5. The van der Waals surface area contributed by atoms with Gasteiger partial charge in [0.2, 0.25) is 5.91 Å². The van der Waals surface area contributed by atoms with Crippen molar-refractivity contribution in [1.29, 1.82) is 0 Å². The van der Waals surface area contributed by atoms with Gasteiger partial charge in [-0.15, -0.1) is 0 Å². The first-order valence-electron chi connectivity index (χ1n) is 6.52. The minimum Gasteiger partial charge on any atom is -0.397 e. The van der Waals surface area contributed by atoms with Crippen LogP contribution in [0.25, 0.3) is 0 Å². The maximum Gasteiger partial charge on any atom is 0.239 e. The van der Waals surface area contributed by atoms with Crippen LogP contribution in [0.4, 0.5) is 15.8 Å². The highest BCUT2D eigenvalue weighted by Gasteiger charge is 2.25. The fourth-order valence-electron chi connectivity index (χ4n) is 2.15. The lowest BCUT2D eigenvalue weighted by molar-refractivity contribution is -0.113. The molecule has 0 spiro atoms. The fraction of sp³-hybridized carbons (Fsp3) is 0.462. The molecule has 21 heavy (non-hydrogen) atoms. The van der Waals surface area contributed by atoms with E-state index in [4.69, 9.17) is 10.5 Å². The number of benzene rings is 1. The maximum absolute atomic E-state index is 12.9. The van der Waals surface area contributed by atoms with Crippen LogP contribution >= 0.6 is 0 Å². The zero-order chi connectivity index (χ0) is 15.5. The first-order chi connectivity index (χ1) is 9.85. The first-order valence-corrected chi connectivity index (χ1v) is 8.35. The van der Waals surface area contributed by atoms with E-state index in [2.05, 4.69) is 5.32 Å². The van der Waals surface area contributed by atoms with Crippen LogP contribution in [0.3, 0.4) is 0 Å². The van der Waals surface area contributed by atoms with E-state index in [0.717, 1.165) is 18.6 Å². The molecule has 1 amide bonds. The van der Waals surface area contributed by atoms with Crippen molar-refractivity contribution in [3.05, 3.63) is 24.0 Å². The van der Waals surface area contributed by atoms with Crippen molar-refractivity contribution in [3.8, 4) is 0 Å². The van der Waals surface area contributed by atoms with Crippen LogP contribution in [0.15, 0.2) is 18.2 Å². The highest BCUT2D eigenvalue weighted by Crippen LogP contribution is 2.19. The molecule has 8 heteroatoms. The molecule has 1 aromatic carbocycles. The summed E-state index contributed by atoms with van der Waals surface area (Å²) in [6.07, 6.45) is 1.18. The number of ether oxygens (including phenoxy) is 1. The molecule has 0 aliphatic carbocycles. The van der Waals surface area contributed by atoms with Crippen molar-refractivity contribution in [2.75, 3.05) is 29.2 Å². The predicted molar refractivity (Wildman–Crippen MR) is 77.1 cm³/mol. The monoisotopic (exact) mass is 316 g/mol. The summed E-state index contributed by atoms with van der Waals surface area (Å²) in [6.45, 7) is 0.554. The van der Waals surface area contributed by atoms with Crippen molar-refractivity contribution < 1.29 is 22.3 Å². The minimum absolute atomic E-state index is 0.0416. The van der Waals surface area contributed by atoms with Gasteiger partial charge in [0.15, 0.2) is 9.84 Å². The summed E-state index contributed by atoms with van der Waals surface area (Å²) in [6, 6.07) is 3.47. The van der Waals surface area contributed by atoms with Crippen LogP contribution in [-0.4, -0.2) is 38.5 Å². The smallest absolute Gasteiger partial charge is 0.239 e. The summed E-state index contributed by atoms with van der Waals surface area (Å²) in [5.74, 6) is -2.05. The molecule has 1 aliphatic rings. The van der Waals surface area contributed by atoms with Gasteiger partial charge in [-0.1, -0.05) is 0 Å². The zero-order valence-corrected chi connectivity index (χ0v) is 12.2. The fourth-order valence-corrected chi connectivity index (χ4v) is 3.57. The van der Waals surface area contributed by atoms with Gasteiger partial charge in [0.1, 0.15) is 11.6 Å². The number of nitrogen functional groups attached to an aromatic ring is 1. The number of halogens is 1. The molecule has 1 saturated heterocycles. The number of anilines is 2. The van der Waals surface area contributed by atoms with E-state index >= 15 is 0 Å². The summed E-state index contributed by atoms with van der Waals surface area (Å²) >= 11 is 0. The Morgan fingerprint density at radius 2 is 2.24 bits per heavy atom. The Labute approximate surface area is 122 Å².